The van der Waals surface area contributed by atoms with Crippen LogP contribution >= 0.6 is 27.5 Å². The summed E-state index contributed by atoms with van der Waals surface area (Å²) in [5.41, 5.74) is 11.9. The van der Waals surface area contributed by atoms with Gasteiger partial charge in [-0.1, -0.05) is 35.4 Å². The van der Waals surface area contributed by atoms with Crippen molar-refractivity contribution in [2.24, 2.45) is 0 Å². The summed E-state index contributed by atoms with van der Waals surface area (Å²) in [5.74, 6) is 0.108. The van der Waals surface area contributed by atoms with Gasteiger partial charge in [0.1, 0.15) is 11.6 Å². The molecule has 0 saturated carbocycles. The van der Waals surface area contributed by atoms with E-state index < -0.39 is 10.0 Å². The molecule has 6 rings (SSSR count). The molecule has 0 fully saturated rings. The standard InChI is InChI=1S/C14H17N3O2S.C11H16BrN.C11H17N.C10H14ClN.C9H12FN/c1-11(2)16-12-6-8-13(9-7-12)20(18,19)17-14-5-3-4-10-15-14;1-7(2)13-11-6-9(4)8(3)5-10(11)12;1-8(2)12-11-6-5-9(3)7-10(11)4;1-7(2)12-10-5-4-9(11)6-8(10)3;1-7(2)11-9-5-3-8(10)4-6-9/h3-11,16H,1-2H3,(H,15,17);5-7,13H,1-4H3;5-8,12H,1-4H3;4-7,12H,1-3H3;3-7,11H,1-2H3. The molecule has 1 aromatic heterocycles. The van der Waals surface area contributed by atoms with Gasteiger partial charge in [0, 0.05) is 74.3 Å². The molecule has 0 unspecified atom stereocenters. The first-order valence-corrected chi connectivity index (χ1v) is 25.7. The number of halogens is 3. The first-order valence-electron chi connectivity index (χ1n) is 23.1. The molecule has 0 atom stereocenters. The molecule has 13 heteroatoms. The number of nitrogens with zero attached hydrogens (tertiary/aromatic N) is 1. The molecular weight excluding hydrogens is 957 g/mol. The first kappa shape index (κ1) is 58.8. The third-order valence-corrected chi connectivity index (χ3v) is 11.6. The fraction of sp³-hybridized carbons (Fsp3) is 0.364. The normalized spacial score (nSPS) is 10.7. The van der Waals surface area contributed by atoms with Gasteiger partial charge in [0.15, 0.2) is 0 Å². The molecule has 6 N–H and O–H groups in total. The lowest BCUT2D eigenvalue weighted by atomic mass is 10.1. The number of anilines is 6. The summed E-state index contributed by atoms with van der Waals surface area (Å²) < 4.78 is 40.3. The van der Waals surface area contributed by atoms with E-state index in [9.17, 15) is 12.8 Å². The van der Waals surface area contributed by atoms with Crippen LogP contribution in [0.4, 0.5) is 38.6 Å². The molecule has 1 heterocycles. The van der Waals surface area contributed by atoms with Crippen LogP contribution in [0, 0.1) is 40.4 Å². The monoisotopic (exact) mass is 1030 g/mol. The van der Waals surface area contributed by atoms with Crippen LogP contribution in [0.2, 0.25) is 5.02 Å². The Balaban J connectivity index is 0.000000298. The summed E-state index contributed by atoms with van der Waals surface area (Å²) in [7, 11) is -3.60. The molecule has 0 aliphatic heterocycles. The molecule has 0 spiro atoms. The number of rotatable bonds is 13. The quantitative estimate of drug-likeness (QED) is 0.0677. The summed E-state index contributed by atoms with van der Waals surface area (Å²) in [6, 6.07) is 36.8. The zero-order chi connectivity index (χ0) is 51.1. The third-order valence-electron chi connectivity index (χ3n) is 9.31. The lowest BCUT2D eigenvalue weighted by molar-refractivity contribution is 0.601. The van der Waals surface area contributed by atoms with Gasteiger partial charge in [-0.05, 0) is 239 Å². The van der Waals surface area contributed by atoms with Crippen LogP contribution in [0.5, 0.6) is 0 Å². The molecule has 6 aromatic rings. The molecule has 0 bridgehead atoms. The van der Waals surface area contributed by atoms with Gasteiger partial charge >= 0.3 is 0 Å². The highest BCUT2D eigenvalue weighted by Gasteiger charge is 2.14. The van der Waals surface area contributed by atoms with Crippen LogP contribution < -0.4 is 31.3 Å². The second-order valence-corrected chi connectivity index (χ2v) is 21.0. The van der Waals surface area contributed by atoms with Crippen molar-refractivity contribution in [3.8, 4) is 0 Å². The van der Waals surface area contributed by atoms with Gasteiger partial charge in [-0.2, -0.15) is 0 Å². The van der Waals surface area contributed by atoms with E-state index in [1.807, 2.05) is 45.9 Å². The predicted molar refractivity (Wildman–Crippen MR) is 297 cm³/mol. The number of aryl methyl sites for hydroxylation is 5. The summed E-state index contributed by atoms with van der Waals surface area (Å²) in [6.45, 7) is 31.5. The van der Waals surface area contributed by atoms with Crippen molar-refractivity contribution in [1.29, 1.82) is 0 Å². The topological polar surface area (TPSA) is 119 Å². The molecule has 0 saturated heterocycles. The summed E-state index contributed by atoms with van der Waals surface area (Å²) in [4.78, 5) is 4.15. The van der Waals surface area contributed by atoms with Gasteiger partial charge in [0.25, 0.3) is 10.0 Å². The highest BCUT2D eigenvalue weighted by Crippen LogP contribution is 2.27. The number of sulfonamides is 1. The van der Waals surface area contributed by atoms with E-state index in [0.717, 1.165) is 26.6 Å². The summed E-state index contributed by atoms with van der Waals surface area (Å²) >= 11 is 9.37. The molecule has 5 aromatic carbocycles. The Morgan fingerprint density at radius 2 is 0.971 bits per heavy atom. The highest BCUT2D eigenvalue weighted by molar-refractivity contribution is 9.10. The number of aromatic nitrogens is 1. The van der Waals surface area contributed by atoms with Gasteiger partial charge in [0.05, 0.1) is 4.90 Å². The first-order chi connectivity index (χ1) is 31.8. The minimum atomic E-state index is -3.60. The molecular formula is C55H76BrClFN7O2S. The largest absolute Gasteiger partial charge is 0.383 e. The Kier molecular flexibility index (Phi) is 25.6. The van der Waals surface area contributed by atoms with E-state index in [1.165, 1.54) is 57.5 Å². The zero-order valence-electron chi connectivity index (χ0n) is 42.7. The molecule has 0 amide bonds. The van der Waals surface area contributed by atoms with Crippen molar-refractivity contribution in [2.45, 2.75) is 139 Å². The average molecular weight is 1030 g/mol. The van der Waals surface area contributed by atoms with Crippen molar-refractivity contribution < 1.29 is 12.8 Å². The maximum Gasteiger partial charge on any atom is 0.263 e. The summed E-state index contributed by atoms with van der Waals surface area (Å²) in [5, 5.41) is 17.3. The molecule has 68 heavy (non-hydrogen) atoms. The minimum Gasteiger partial charge on any atom is -0.383 e. The lowest BCUT2D eigenvalue weighted by Gasteiger charge is -2.13. The Labute approximate surface area is 422 Å². The Morgan fingerprint density at radius 3 is 1.43 bits per heavy atom. The van der Waals surface area contributed by atoms with E-state index in [2.05, 4.69) is 159 Å². The molecule has 0 aliphatic rings. The predicted octanol–water partition coefficient (Wildman–Crippen LogP) is 15.8. The van der Waals surface area contributed by atoms with E-state index in [1.54, 1.807) is 54.6 Å². The Morgan fingerprint density at radius 1 is 0.515 bits per heavy atom. The van der Waals surface area contributed by atoms with Crippen molar-refractivity contribution in [3.63, 3.8) is 0 Å². The van der Waals surface area contributed by atoms with Crippen LogP contribution in [0.15, 0.2) is 131 Å². The van der Waals surface area contributed by atoms with Gasteiger partial charge in [-0.15, -0.1) is 0 Å². The zero-order valence-corrected chi connectivity index (χ0v) is 45.9. The van der Waals surface area contributed by atoms with Gasteiger partial charge in [0.2, 0.25) is 0 Å². The van der Waals surface area contributed by atoms with Gasteiger partial charge in [-0.25, -0.2) is 17.8 Å². The molecule has 0 radical (unpaired) electrons. The fourth-order valence-electron chi connectivity index (χ4n) is 6.15. The summed E-state index contributed by atoms with van der Waals surface area (Å²) in [6.07, 6.45) is 1.54. The molecule has 9 nitrogen and oxygen atoms in total. The van der Waals surface area contributed by atoms with Crippen molar-refractivity contribution in [3.05, 3.63) is 165 Å². The van der Waals surface area contributed by atoms with E-state index >= 15 is 0 Å². The van der Waals surface area contributed by atoms with E-state index in [4.69, 9.17) is 11.6 Å². The number of nitrogens with one attached hydrogen (secondary N) is 6. The number of pyridine rings is 1. The third kappa shape index (κ3) is 23.6. The van der Waals surface area contributed by atoms with Crippen molar-refractivity contribution >= 4 is 71.8 Å². The van der Waals surface area contributed by atoms with Crippen molar-refractivity contribution in [1.82, 2.24) is 4.98 Å². The Bertz CT molecular complexity index is 2450. The maximum atomic E-state index is 12.4. The second-order valence-electron chi connectivity index (χ2n) is 18.0. The van der Waals surface area contributed by atoms with Gasteiger partial charge in [-0.3, -0.25) is 4.72 Å². The minimum absolute atomic E-state index is 0.195. The van der Waals surface area contributed by atoms with Crippen LogP contribution in [0.1, 0.15) is 97.1 Å². The van der Waals surface area contributed by atoms with E-state index in [0.29, 0.717) is 36.0 Å². The highest BCUT2D eigenvalue weighted by atomic mass is 79.9. The number of benzene rings is 5. The van der Waals surface area contributed by atoms with Crippen molar-refractivity contribution in [2.75, 3.05) is 31.3 Å². The van der Waals surface area contributed by atoms with Crippen LogP contribution in [-0.2, 0) is 10.0 Å². The molecule has 370 valence electrons. The van der Waals surface area contributed by atoms with Gasteiger partial charge < -0.3 is 26.6 Å². The van der Waals surface area contributed by atoms with Crippen LogP contribution in [0.3, 0.4) is 0 Å². The number of hydrogen-bond acceptors (Lipinski definition) is 8. The number of hydrogen-bond donors (Lipinski definition) is 6. The lowest BCUT2D eigenvalue weighted by Crippen LogP contribution is -2.14. The van der Waals surface area contributed by atoms with E-state index in [-0.39, 0.29) is 10.7 Å². The Hall–Kier alpha value is -5.30. The van der Waals surface area contributed by atoms with Crippen LogP contribution in [0.25, 0.3) is 0 Å². The SMILES string of the molecule is CC(C)Nc1ccc(F)cc1.CC(C)Nc1ccc(S(=O)(=O)Nc2ccccn2)cc1.Cc1cc(Br)c(NC(C)C)cc1C.Cc1cc(Cl)ccc1NC(C)C.Cc1ccc(NC(C)C)c(C)c1. The average Bonchev–Trinajstić information content (AvgIpc) is 3.23. The fourth-order valence-corrected chi connectivity index (χ4v) is 7.96. The second kappa shape index (κ2) is 29.6. The smallest absolute Gasteiger partial charge is 0.263 e. The van der Waals surface area contributed by atoms with Crippen LogP contribution in [-0.4, -0.2) is 43.6 Å². The molecule has 0 aliphatic carbocycles. The maximum absolute atomic E-state index is 12.4.